The summed E-state index contributed by atoms with van der Waals surface area (Å²) in [5.41, 5.74) is 1.08. The lowest BCUT2D eigenvalue weighted by Crippen LogP contribution is -2.31. The highest BCUT2D eigenvalue weighted by atomic mass is 32.1. The summed E-state index contributed by atoms with van der Waals surface area (Å²) < 4.78 is 0. The molecule has 0 aliphatic heterocycles. The molecule has 1 aromatic carbocycles. The number of aromatic amines is 1. The number of hydrogen-bond acceptors (Lipinski definition) is 4. The van der Waals surface area contributed by atoms with Gasteiger partial charge in [0.05, 0.1) is 11.9 Å². The molecule has 0 unspecified atom stereocenters. The van der Waals surface area contributed by atoms with Crippen LogP contribution in [0.5, 0.6) is 0 Å². The Morgan fingerprint density at radius 2 is 1.96 bits per heavy atom. The van der Waals surface area contributed by atoms with Crippen LogP contribution in [0.4, 0.5) is 0 Å². The van der Waals surface area contributed by atoms with Crippen LogP contribution in [0.2, 0.25) is 0 Å². The first-order valence-electron chi connectivity index (χ1n) is 8.61. The van der Waals surface area contributed by atoms with E-state index in [1.165, 1.54) is 32.1 Å². The fraction of sp³-hybridized carbons (Fsp3) is 0.368. The van der Waals surface area contributed by atoms with Gasteiger partial charge in [0.15, 0.2) is 0 Å². The van der Waals surface area contributed by atoms with Crippen molar-refractivity contribution in [3.05, 3.63) is 52.6 Å². The van der Waals surface area contributed by atoms with E-state index < -0.39 is 0 Å². The van der Waals surface area contributed by atoms with E-state index in [4.69, 9.17) is 0 Å². The minimum absolute atomic E-state index is 0.0427. The highest BCUT2D eigenvalue weighted by molar-refractivity contribution is 7.21. The molecule has 0 saturated heterocycles. The van der Waals surface area contributed by atoms with E-state index >= 15 is 0 Å². The second-order valence-corrected chi connectivity index (χ2v) is 7.45. The lowest BCUT2D eigenvalue weighted by atomic mass is 9.95. The van der Waals surface area contributed by atoms with Crippen molar-refractivity contribution in [2.45, 2.75) is 44.7 Å². The quantitative estimate of drug-likeness (QED) is 0.753. The number of rotatable bonds is 4. The summed E-state index contributed by atoms with van der Waals surface area (Å²) in [6.07, 6.45) is 6.39. The van der Waals surface area contributed by atoms with Gasteiger partial charge < -0.3 is 10.3 Å². The summed E-state index contributed by atoms with van der Waals surface area (Å²) in [5, 5.41) is 4.22. The zero-order valence-electron chi connectivity index (χ0n) is 13.5. The van der Waals surface area contributed by atoms with E-state index in [1.807, 2.05) is 24.3 Å². The molecule has 0 atom stereocenters. The van der Waals surface area contributed by atoms with Gasteiger partial charge in [-0.3, -0.25) is 4.79 Å². The molecule has 1 aliphatic rings. The lowest BCUT2D eigenvalue weighted by molar-refractivity contribution is 0.369. The Bertz CT molecular complexity index is 879. The largest absolute Gasteiger partial charge is 0.309 e. The second kappa shape index (κ2) is 6.87. The Morgan fingerprint density at radius 1 is 1.17 bits per heavy atom. The van der Waals surface area contributed by atoms with Crippen molar-refractivity contribution >= 4 is 21.6 Å². The summed E-state index contributed by atoms with van der Waals surface area (Å²) in [4.78, 5) is 21.9. The van der Waals surface area contributed by atoms with E-state index in [0.29, 0.717) is 18.0 Å². The first-order chi connectivity index (χ1) is 11.8. The minimum Gasteiger partial charge on any atom is -0.309 e. The first kappa shape index (κ1) is 15.5. The number of H-pyrrole nitrogens is 1. The molecule has 2 aromatic heterocycles. The van der Waals surface area contributed by atoms with Gasteiger partial charge in [0.25, 0.3) is 5.56 Å². The molecule has 24 heavy (non-hydrogen) atoms. The molecule has 1 aliphatic carbocycles. The maximum absolute atomic E-state index is 12.4. The maximum atomic E-state index is 12.4. The molecule has 5 heteroatoms. The topological polar surface area (TPSA) is 57.8 Å². The van der Waals surface area contributed by atoms with Gasteiger partial charge in [0, 0.05) is 10.9 Å². The minimum atomic E-state index is -0.0427. The predicted molar refractivity (Wildman–Crippen MR) is 99.4 cm³/mol. The van der Waals surface area contributed by atoms with Crippen molar-refractivity contribution in [2.24, 2.45) is 0 Å². The molecule has 124 valence electrons. The van der Waals surface area contributed by atoms with Gasteiger partial charge in [-0.1, -0.05) is 49.6 Å². The Hall–Kier alpha value is -1.98. The van der Waals surface area contributed by atoms with Crippen LogP contribution in [-0.4, -0.2) is 16.0 Å². The predicted octanol–water partition coefficient (Wildman–Crippen LogP) is 4.07. The average Bonchev–Trinajstić information content (AvgIpc) is 3.06. The van der Waals surface area contributed by atoms with Gasteiger partial charge >= 0.3 is 0 Å². The molecule has 0 amide bonds. The van der Waals surface area contributed by atoms with Crippen LogP contribution in [0, 0.1) is 0 Å². The van der Waals surface area contributed by atoms with E-state index in [2.05, 4.69) is 27.4 Å². The summed E-state index contributed by atoms with van der Waals surface area (Å²) in [5.74, 6) is 0.736. The van der Waals surface area contributed by atoms with Gasteiger partial charge in [-0.2, -0.15) is 0 Å². The summed E-state index contributed by atoms with van der Waals surface area (Å²) >= 11 is 1.58. The Morgan fingerprint density at radius 3 is 2.75 bits per heavy atom. The molecule has 1 saturated carbocycles. The van der Waals surface area contributed by atoms with Crippen molar-refractivity contribution in [2.75, 3.05) is 0 Å². The van der Waals surface area contributed by atoms with E-state index in [1.54, 1.807) is 11.3 Å². The van der Waals surface area contributed by atoms with Crippen LogP contribution in [0.15, 0.2) is 41.2 Å². The fourth-order valence-corrected chi connectivity index (χ4v) is 4.41. The molecular formula is C19H21N3OS. The van der Waals surface area contributed by atoms with Crippen molar-refractivity contribution in [3.63, 3.8) is 0 Å². The average molecular weight is 339 g/mol. The van der Waals surface area contributed by atoms with Crippen molar-refractivity contribution in [1.29, 1.82) is 0 Å². The molecular weight excluding hydrogens is 318 g/mol. The van der Waals surface area contributed by atoms with Crippen LogP contribution in [0.3, 0.4) is 0 Å². The number of benzene rings is 1. The fourth-order valence-electron chi connectivity index (χ4n) is 3.35. The molecule has 0 radical (unpaired) electrons. The van der Waals surface area contributed by atoms with Gasteiger partial charge in [0.1, 0.15) is 10.7 Å². The third kappa shape index (κ3) is 3.28. The molecule has 4 nitrogen and oxygen atoms in total. The number of fused-ring (bicyclic) bond motifs is 1. The summed E-state index contributed by atoms with van der Waals surface area (Å²) in [7, 11) is 0. The van der Waals surface area contributed by atoms with E-state index in [9.17, 15) is 4.79 Å². The molecule has 2 N–H and O–H groups in total. The maximum Gasteiger partial charge on any atom is 0.259 e. The van der Waals surface area contributed by atoms with Crippen LogP contribution in [0.1, 0.15) is 37.9 Å². The zero-order chi connectivity index (χ0) is 16.4. The number of aromatic nitrogens is 2. The number of thiophene rings is 1. The normalized spacial score (nSPS) is 15.8. The van der Waals surface area contributed by atoms with Gasteiger partial charge in [-0.25, -0.2) is 4.98 Å². The SMILES string of the molecule is O=c1[nH]c(CNC2CCCCC2)nc2sc(-c3ccccc3)cc12. The third-order valence-corrected chi connectivity index (χ3v) is 5.75. The van der Waals surface area contributed by atoms with Crippen molar-refractivity contribution in [1.82, 2.24) is 15.3 Å². The molecule has 4 rings (SSSR count). The first-order valence-corrected chi connectivity index (χ1v) is 9.43. The van der Waals surface area contributed by atoms with Crippen LogP contribution < -0.4 is 10.9 Å². The van der Waals surface area contributed by atoms with E-state index in [0.717, 1.165) is 21.1 Å². The highest BCUT2D eigenvalue weighted by Crippen LogP contribution is 2.30. The molecule has 3 aromatic rings. The van der Waals surface area contributed by atoms with Crippen LogP contribution in [-0.2, 0) is 6.54 Å². The number of hydrogen-bond donors (Lipinski definition) is 2. The van der Waals surface area contributed by atoms with Crippen LogP contribution >= 0.6 is 11.3 Å². The van der Waals surface area contributed by atoms with Gasteiger partial charge in [-0.05, 0) is 24.5 Å². The monoisotopic (exact) mass is 339 g/mol. The molecule has 1 fully saturated rings. The second-order valence-electron chi connectivity index (χ2n) is 6.42. The summed E-state index contributed by atoms with van der Waals surface area (Å²) in [6, 6.07) is 12.6. The standard InChI is InChI=1S/C19H21N3OS/c23-18-15-11-16(13-7-3-1-4-8-13)24-19(15)22-17(21-18)12-20-14-9-5-2-6-10-14/h1,3-4,7-8,11,14,20H,2,5-6,9-10,12H2,(H,21,22,23). The number of nitrogens with one attached hydrogen (secondary N) is 2. The third-order valence-electron chi connectivity index (χ3n) is 4.67. The Kier molecular flexibility index (Phi) is 4.45. The molecule has 2 heterocycles. The van der Waals surface area contributed by atoms with Gasteiger partial charge in [0.2, 0.25) is 0 Å². The number of nitrogens with zero attached hydrogens (tertiary/aromatic N) is 1. The van der Waals surface area contributed by atoms with Gasteiger partial charge in [-0.15, -0.1) is 11.3 Å². The van der Waals surface area contributed by atoms with Crippen molar-refractivity contribution < 1.29 is 0 Å². The summed E-state index contributed by atoms with van der Waals surface area (Å²) in [6.45, 7) is 0.633. The zero-order valence-corrected chi connectivity index (χ0v) is 14.4. The molecule has 0 spiro atoms. The Labute approximate surface area is 145 Å². The molecule has 0 bridgehead atoms. The smallest absolute Gasteiger partial charge is 0.259 e. The Balaban J connectivity index is 1.58. The van der Waals surface area contributed by atoms with E-state index in [-0.39, 0.29) is 5.56 Å². The van der Waals surface area contributed by atoms with Crippen LogP contribution in [0.25, 0.3) is 20.7 Å². The lowest BCUT2D eigenvalue weighted by Gasteiger charge is -2.22. The van der Waals surface area contributed by atoms with Crippen molar-refractivity contribution in [3.8, 4) is 10.4 Å². The highest BCUT2D eigenvalue weighted by Gasteiger charge is 2.14.